The molecule has 138 valence electrons. The van der Waals surface area contributed by atoms with E-state index in [9.17, 15) is 19.2 Å². The number of likely N-dealkylation sites (N-methyl/N-ethyl adjacent to an activating group) is 1. The van der Waals surface area contributed by atoms with Crippen LogP contribution in [0.25, 0.3) is 0 Å². The fraction of sp³-hybridized carbons (Fsp3) is 0.444. The van der Waals surface area contributed by atoms with Crippen LogP contribution in [0, 0.1) is 0 Å². The number of benzene rings is 1. The van der Waals surface area contributed by atoms with Crippen molar-refractivity contribution in [2.24, 2.45) is 0 Å². The van der Waals surface area contributed by atoms with Gasteiger partial charge in [-0.05, 0) is 38.1 Å². The van der Waals surface area contributed by atoms with Crippen molar-refractivity contribution in [2.75, 3.05) is 18.4 Å². The summed E-state index contributed by atoms with van der Waals surface area (Å²) in [6.45, 7) is 5.61. The molecule has 1 aromatic rings. The average molecular weight is 358 g/mol. The van der Waals surface area contributed by atoms with Crippen LogP contribution in [0.5, 0.6) is 0 Å². The van der Waals surface area contributed by atoms with E-state index in [-0.39, 0.29) is 35.9 Å². The molecule has 0 radical (unpaired) electrons. The van der Waals surface area contributed by atoms with Gasteiger partial charge in [0.1, 0.15) is 6.04 Å². The summed E-state index contributed by atoms with van der Waals surface area (Å²) in [5.41, 5.74) is 1.30. The van der Waals surface area contributed by atoms with E-state index >= 15 is 0 Å². The number of fused-ring (bicyclic) bond motifs is 1. The molecule has 8 nitrogen and oxygen atoms in total. The van der Waals surface area contributed by atoms with Crippen LogP contribution >= 0.6 is 0 Å². The average Bonchev–Trinajstić information content (AvgIpc) is 2.85. The summed E-state index contributed by atoms with van der Waals surface area (Å²) < 4.78 is 0. The van der Waals surface area contributed by atoms with Gasteiger partial charge in [0, 0.05) is 24.7 Å². The minimum atomic E-state index is -0.940. The van der Waals surface area contributed by atoms with Crippen molar-refractivity contribution in [3.05, 3.63) is 29.3 Å². The van der Waals surface area contributed by atoms with Crippen LogP contribution in [-0.4, -0.2) is 53.7 Å². The Bertz CT molecular complexity index is 776. The molecule has 2 aliphatic rings. The molecule has 2 unspecified atom stereocenters. The number of imide groups is 2. The van der Waals surface area contributed by atoms with Crippen LogP contribution in [0.1, 0.15) is 47.4 Å². The third-order valence-corrected chi connectivity index (χ3v) is 4.60. The number of nitrogens with zero attached hydrogens (tertiary/aromatic N) is 1. The van der Waals surface area contributed by atoms with E-state index in [0.717, 1.165) is 17.1 Å². The second-order valence-corrected chi connectivity index (χ2v) is 6.55. The zero-order valence-corrected chi connectivity index (χ0v) is 14.8. The van der Waals surface area contributed by atoms with Gasteiger partial charge in [0.15, 0.2) is 0 Å². The molecule has 3 N–H and O–H groups in total. The number of hydrogen-bond donors (Lipinski definition) is 3. The molecule has 1 aromatic carbocycles. The van der Waals surface area contributed by atoms with Gasteiger partial charge in [-0.3, -0.25) is 29.4 Å². The lowest BCUT2D eigenvalue weighted by Crippen LogP contribution is -2.54. The van der Waals surface area contributed by atoms with Gasteiger partial charge < -0.3 is 10.6 Å². The van der Waals surface area contributed by atoms with Gasteiger partial charge in [0.2, 0.25) is 11.8 Å². The van der Waals surface area contributed by atoms with E-state index in [1.54, 1.807) is 18.2 Å². The van der Waals surface area contributed by atoms with Crippen LogP contribution in [-0.2, 0) is 9.59 Å². The monoisotopic (exact) mass is 358 g/mol. The molecule has 0 saturated carbocycles. The normalized spacial score (nSPS) is 20.8. The highest BCUT2D eigenvalue weighted by atomic mass is 16.2. The third-order valence-electron chi connectivity index (χ3n) is 4.60. The first kappa shape index (κ1) is 18.1. The molecule has 0 aromatic heterocycles. The van der Waals surface area contributed by atoms with Crippen molar-refractivity contribution in [2.45, 2.75) is 38.8 Å². The molecule has 4 amide bonds. The summed E-state index contributed by atoms with van der Waals surface area (Å²) in [6.07, 6.45) is 0.264. The van der Waals surface area contributed by atoms with Crippen molar-refractivity contribution in [3.63, 3.8) is 0 Å². The Hall–Kier alpha value is -2.74. The SMILES string of the molecule is CCNC(C)CNc1ccc2c(c1)C(=O)N(C1CCC(=O)NC1=O)C2=O. The Balaban J connectivity index is 1.77. The van der Waals surface area contributed by atoms with Crippen molar-refractivity contribution >= 4 is 29.3 Å². The van der Waals surface area contributed by atoms with Gasteiger partial charge in [0.05, 0.1) is 11.1 Å². The van der Waals surface area contributed by atoms with Gasteiger partial charge in [-0.2, -0.15) is 0 Å². The van der Waals surface area contributed by atoms with Gasteiger partial charge in [0.25, 0.3) is 11.8 Å². The lowest BCUT2D eigenvalue weighted by atomic mass is 10.0. The van der Waals surface area contributed by atoms with Crippen molar-refractivity contribution < 1.29 is 19.2 Å². The van der Waals surface area contributed by atoms with Crippen LogP contribution < -0.4 is 16.0 Å². The minimum Gasteiger partial charge on any atom is -0.383 e. The van der Waals surface area contributed by atoms with Crippen molar-refractivity contribution in [3.8, 4) is 0 Å². The van der Waals surface area contributed by atoms with Crippen molar-refractivity contribution in [1.29, 1.82) is 0 Å². The maximum Gasteiger partial charge on any atom is 0.262 e. The summed E-state index contributed by atoms with van der Waals surface area (Å²) in [7, 11) is 0. The molecule has 0 spiro atoms. The van der Waals surface area contributed by atoms with Crippen LogP contribution in [0.3, 0.4) is 0 Å². The maximum absolute atomic E-state index is 12.7. The molecule has 1 saturated heterocycles. The highest BCUT2D eigenvalue weighted by molar-refractivity contribution is 6.23. The highest BCUT2D eigenvalue weighted by Crippen LogP contribution is 2.29. The summed E-state index contributed by atoms with van der Waals surface area (Å²) in [5, 5.41) is 8.70. The third kappa shape index (κ3) is 3.32. The molecule has 1 fully saturated rings. The molecule has 2 atom stereocenters. The van der Waals surface area contributed by atoms with Crippen LogP contribution in [0.15, 0.2) is 18.2 Å². The summed E-state index contributed by atoms with van der Waals surface area (Å²) in [5.74, 6) is -1.98. The minimum absolute atomic E-state index is 0.110. The van der Waals surface area contributed by atoms with E-state index in [1.165, 1.54) is 0 Å². The number of hydrogen-bond acceptors (Lipinski definition) is 6. The number of amides is 4. The van der Waals surface area contributed by atoms with Gasteiger partial charge in [-0.1, -0.05) is 6.92 Å². The summed E-state index contributed by atoms with van der Waals surface area (Å²) in [4.78, 5) is 49.6. The van der Waals surface area contributed by atoms with E-state index in [4.69, 9.17) is 0 Å². The molecule has 8 heteroatoms. The first-order chi connectivity index (χ1) is 12.4. The molecule has 2 aliphatic heterocycles. The quantitative estimate of drug-likeness (QED) is 0.639. The van der Waals surface area contributed by atoms with Crippen LogP contribution in [0.2, 0.25) is 0 Å². The zero-order valence-electron chi connectivity index (χ0n) is 14.8. The number of anilines is 1. The molecular weight excluding hydrogens is 336 g/mol. The van der Waals surface area contributed by atoms with E-state index in [2.05, 4.69) is 16.0 Å². The van der Waals surface area contributed by atoms with Crippen LogP contribution in [0.4, 0.5) is 5.69 Å². The molecule has 3 rings (SSSR count). The fourth-order valence-corrected chi connectivity index (χ4v) is 3.27. The topological polar surface area (TPSA) is 108 Å². The smallest absolute Gasteiger partial charge is 0.262 e. The molecule has 0 aliphatic carbocycles. The fourth-order valence-electron chi connectivity index (χ4n) is 3.27. The first-order valence-electron chi connectivity index (χ1n) is 8.75. The standard InChI is InChI=1S/C18H22N4O4/c1-3-19-10(2)9-20-11-4-5-12-13(8-11)18(26)22(17(12)25)14-6-7-15(23)21-16(14)24/h4-5,8,10,14,19-20H,3,6-7,9H2,1-2H3,(H,21,23,24). The second kappa shape index (κ2) is 7.25. The first-order valence-corrected chi connectivity index (χ1v) is 8.75. The predicted octanol–water partition coefficient (Wildman–Crippen LogP) is 0.498. The van der Waals surface area contributed by atoms with Crippen molar-refractivity contribution in [1.82, 2.24) is 15.5 Å². The zero-order chi connectivity index (χ0) is 18.8. The van der Waals surface area contributed by atoms with Gasteiger partial charge in [-0.15, -0.1) is 0 Å². The second-order valence-electron chi connectivity index (χ2n) is 6.55. The number of rotatable bonds is 6. The lowest BCUT2D eigenvalue weighted by molar-refractivity contribution is -0.136. The number of carbonyl (C=O) groups is 4. The Labute approximate surface area is 151 Å². The Morgan fingerprint density at radius 1 is 1.19 bits per heavy atom. The summed E-state index contributed by atoms with van der Waals surface area (Å²) >= 11 is 0. The Morgan fingerprint density at radius 2 is 1.92 bits per heavy atom. The molecular formula is C18H22N4O4. The molecule has 2 heterocycles. The number of carbonyl (C=O) groups excluding carboxylic acids is 4. The molecule has 0 bridgehead atoms. The maximum atomic E-state index is 12.7. The lowest BCUT2D eigenvalue weighted by Gasteiger charge is -2.27. The van der Waals surface area contributed by atoms with E-state index in [1.807, 2.05) is 13.8 Å². The van der Waals surface area contributed by atoms with Gasteiger partial charge in [-0.25, -0.2) is 0 Å². The largest absolute Gasteiger partial charge is 0.383 e. The Kier molecular flexibility index (Phi) is 5.03. The summed E-state index contributed by atoms with van der Waals surface area (Å²) in [6, 6.07) is 4.30. The number of piperidine rings is 1. The highest BCUT2D eigenvalue weighted by Gasteiger charge is 2.44. The predicted molar refractivity (Wildman–Crippen MR) is 94.7 cm³/mol. The molecule has 26 heavy (non-hydrogen) atoms. The van der Waals surface area contributed by atoms with E-state index < -0.39 is 23.8 Å². The van der Waals surface area contributed by atoms with E-state index in [0.29, 0.717) is 6.54 Å². The Morgan fingerprint density at radius 3 is 2.62 bits per heavy atom. The number of nitrogens with one attached hydrogen (secondary N) is 3. The van der Waals surface area contributed by atoms with Gasteiger partial charge >= 0.3 is 0 Å².